The van der Waals surface area contributed by atoms with Crippen LogP contribution in [0.5, 0.6) is 5.75 Å². The Morgan fingerprint density at radius 3 is 2.70 bits per heavy atom. The van der Waals surface area contributed by atoms with Gasteiger partial charge in [0.2, 0.25) is 0 Å². The predicted octanol–water partition coefficient (Wildman–Crippen LogP) is 0.341. The van der Waals surface area contributed by atoms with Crippen LogP contribution in [0.4, 0.5) is 4.39 Å². The van der Waals surface area contributed by atoms with Crippen LogP contribution in [-0.2, 0) is 4.79 Å². The summed E-state index contributed by atoms with van der Waals surface area (Å²) in [7, 11) is 0. The summed E-state index contributed by atoms with van der Waals surface area (Å²) in [5, 5.41) is 8.85. The third-order valence-electron chi connectivity index (χ3n) is 3.30. The summed E-state index contributed by atoms with van der Waals surface area (Å²) < 4.78 is 18.3. The number of carbonyl (C=O) groups excluding carboxylic acids is 1. The second kappa shape index (κ2) is 7.21. The number of β-amino-alcohol motifs (C(OH)–C–C–N with tert-alkyl or cyclic N) is 1. The average Bonchev–Trinajstić information content (AvgIpc) is 2.46. The first-order chi connectivity index (χ1) is 9.69. The van der Waals surface area contributed by atoms with Gasteiger partial charge < -0.3 is 14.7 Å². The Labute approximate surface area is 117 Å². The third kappa shape index (κ3) is 4.18. The van der Waals surface area contributed by atoms with Gasteiger partial charge in [0, 0.05) is 38.8 Å². The minimum Gasteiger partial charge on any atom is -0.484 e. The van der Waals surface area contributed by atoms with Crippen LogP contribution in [0.15, 0.2) is 24.3 Å². The molecule has 20 heavy (non-hydrogen) atoms. The molecule has 0 saturated carbocycles. The molecule has 1 aromatic carbocycles. The van der Waals surface area contributed by atoms with E-state index < -0.39 is 0 Å². The van der Waals surface area contributed by atoms with Gasteiger partial charge in [0.25, 0.3) is 5.91 Å². The summed E-state index contributed by atoms with van der Waals surface area (Å²) >= 11 is 0. The Morgan fingerprint density at radius 1 is 1.30 bits per heavy atom. The molecule has 110 valence electrons. The Balaban J connectivity index is 1.76. The van der Waals surface area contributed by atoms with E-state index in [1.165, 1.54) is 12.1 Å². The molecule has 0 bridgehead atoms. The molecular formula is C14H19FN2O3. The third-order valence-corrected chi connectivity index (χ3v) is 3.30. The number of carbonyl (C=O) groups is 1. The molecule has 0 unspecified atom stereocenters. The fourth-order valence-corrected chi connectivity index (χ4v) is 2.16. The van der Waals surface area contributed by atoms with E-state index in [0.717, 1.165) is 13.1 Å². The van der Waals surface area contributed by atoms with Gasteiger partial charge in [0.15, 0.2) is 6.61 Å². The molecule has 1 heterocycles. The van der Waals surface area contributed by atoms with Crippen LogP contribution in [0.3, 0.4) is 0 Å². The number of aliphatic hydroxyl groups excluding tert-OH is 1. The Bertz CT molecular complexity index is 448. The average molecular weight is 282 g/mol. The van der Waals surface area contributed by atoms with Crippen LogP contribution in [0.25, 0.3) is 0 Å². The highest BCUT2D eigenvalue weighted by atomic mass is 19.1. The number of ether oxygens (including phenoxy) is 1. The van der Waals surface area contributed by atoms with Gasteiger partial charge in [-0.1, -0.05) is 6.07 Å². The number of halogens is 1. The minimum atomic E-state index is -0.382. The lowest BCUT2D eigenvalue weighted by molar-refractivity contribution is -0.135. The van der Waals surface area contributed by atoms with Crippen LogP contribution in [0.1, 0.15) is 0 Å². The number of rotatable bonds is 5. The summed E-state index contributed by atoms with van der Waals surface area (Å²) in [4.78, 5) is 15.8. The molecule has 5 nitrogen and oxygen atoms in total. The fourth-order valence-electron chi connectivity index (χ4n) is 2.16. The van der Waals surface area contributed by atoms with Crippen molar-refractivity contribution in [1.82, 2.24) is 9.80 Å². The highest BCUT2D eigenvalue weighted by Crippen LogP contribution is 2.12. The Kier molecular flexibility index (Phi) is 5.31. The highest BCUT2D eigenvalue weighted by Gasteiger charge is 2.20. The molecule has 1 N–H and O–H groups in total. The molecule has 1 aliphatic rings. The molecule has 0 spiro atoms. The number of hydrogen-bond acceptors (Lipinski definition) is 4. The van der Waals surface area contributed by atoms with Crippen LogP contribution in [0, 0.1) is 5.82 Å². The summed E-state index contributed by atoms with van der Waals surface area (Å²) in [6, 6.07) is 5.75. The number of piperazine rings is 1. The van der Waals surface area contributed by atoms with Gasteiger partial charge in [0.05, 0.1) is 6.61 Å². The lowest BCUT2D eigenvalue weighted by Gasteiger charge is -2.34. The summed E-state index contributed by atoms with van der Waals surface area (Å²) in [6.45, 7) is 3.47. The SMILES string of the molecule is O=C(COc1cccc(F)c1)N1CCN(CCO)CC1. The van der Waals surface area contributed by atoms with Gasteiger partial charge in [-0.2, -0.15) is 0 Å². The maximum absolute atomic E-state index is 13.0. The number of nitrogens with zero attached hydrogens (tertiary/aromatic N) is 2. The van der Waals surface area contributed by atoms with Gasteiger partial charge in [-0.3, -0.25) is 9.69 Å². The molecule has 0 atom stereocenters. The van der Waals surface area contributed by atoms with Crippen LogP contribution in [-0.4, -0.2) is 66.8 Å². The highest BCUT2D eigenvalue weighted by molar-refractivity contribution is 5.77. The zero-order valence-corrected chi connectivity index (χ0v) is 11.3. The van der Waals surface area contributed by atoms with Crippen molar-refractivity contribution < 1.29 is 19.0 Å². The van der Waals surface area contributed by atoms with E-state index >= 15 is 0 Å². The smallest absolute Gasteiger partial charge is 0.260 e. The molecule has 1 aliphatic heterocycles. The second-order valence-corrected chi connectivity index (χ2v) is 4.69. The number of hydrogen-bond donors (Lipinski definition) is 1. The van der Waals surface area contributed by atoms with Crippen LogP contribution in [0.2, 0.25) is 0 Å². The van der Waals surface area contributed by atoms with Gasteiger partial charge in [0.1, 0.15) is 11.6 Å². The monoisotopic (exact) mass is 282 g/mol. The summed E-state index contributed by atoms with van der Waals surface area (Å²) in [5.74, 6) is -0.122. The molecule has 0 aliphatic carbocycles. The normalized spacial score (nSPS) is 16.2. The summed E-state index contributed by atoms with van der Waals surface area (Å²) in [5.41, 5.74) is 0. The molecule has 0 radical (unpaired) electrons. The van der Waals surface area contributed by atoms with Crippen molar-refractivity contribution >= 4 is 5.91 Å². The standard InChI is InChI=1S/C14H19FN2O3/c15-12-2-1-3-13(10-12)20-11-14(19)17-6-4-16(5-7-17)8-9-18/h1-3,10,18H,4-9,11H2. The maximum Gasteiger partial charge on any atom is 0.260 e. The molecule has 6 heteroatoms. The van der Waals surface area contributed by atoms with Gasteiger partial charge >= 0.3 is 0 Å². The van der Waals surface area contributed by atoms with Crippen molar-refractivity contribution in [2.45, 2.75) is 0 Å². The minimum absolute atomic E-state index is 0.0799. The van der Waals surface area contributed by atoms with Crippen molar-refractivity contribution in [3.63, 3.8) is 0 Å². The van der Waals surface area contributed by atoms with E-state index in [9.17, 15) is 9.18 Å². The van der Waals surface area contributed by atoms with Gasteiger partial charge in [-0.15, -0.1) is 0 Å². The summed E-state index contributed by atoms with van der Waals surface area (Å²) in [6.07, 6.45) is 0. The van der Waals surface area contributed by atoms with Crippen molar-refractivity contribution in [2.24, 2.45) is 0 Å². The van der Waals surface area contributed by atoms with E-state index in [1.54, 1.807) is 17.0 Å². The van der Waals surface area contributed by atoms with Crippen molar-refractivity contribution in [2.75, 3.05) is 45.9 Å². The van der Waals surface area contributed by atoms with E-state index in [0.29, 0.717) is 25.4 Å². The topological polar surface area (TPSA) is 53.0 Å². The number of aliphatic hydroxyl groups is 1. The van der Waals surface area contributed by atoms with Gasteiger partial charge in [-0.05, 0) is 12.1 Å². The molecule has 1 fully saturated rings. The maximum atomic E-state index is 13.0. The largest absolute Gasteiger partial charge is 0.484 e. The Hall–Kier alpha value is -1.66. The molecule has 1 saturated heterocycles. The molecule has 0 aromatic heterocycles. The van der Waals surface area contributed by atoms with E-state index in [1.807, 2.05) is 0 Å². The predicted molar refractivity (Wildman–Crippen MR) is 72.0 cm³/mol. The first-order valence-electron chi connectivity index (χ1n) is 6.68. The fraction of sp³-hybridized carbons (Fsp3) is 0.500. The number of amides is 1. The van der Waals surface area contributed by atoms with Gasteiger partial charge in [-0.25, -0.2) is 4.39 Å². The molecule has 2 rings (SSSR count). The first kappa shape index (κ1) is 14.7. The van der Waals surface area contributed by atoms with Crippen molar-refractivity contribution in [1.29, 1.82) is 0 Å². The molecule has 1 amide bonds. The van der Waals surface area contributed by atoms with Crippen molar-refractivity contribution in [3.05, 3.63) is 30.1 Å². The lowest BCUT2D eigenvalue weighted by Crippen LogP contribution is -2.50. The van der Waals surface area contributed by atoms with E-state index in [-0.39, 0.29) is 24.9 Å². The van der Waals surface area contributed by atoms with E-state index in [4.69, 9.17) is 9.84 Å². The quantitative estimate of drug-likeness (QED) is 0.846. The molecule has 1 aromatic rings. The van der Waals surface area contributed by atoms with Crippen molar-refractivity contribution in [3.8, 4) is 5.75 Å². The van der Waals surface area contributed by atoms with Crippen LogP contribution >= 0.6 is 0 Å². The van der Waals surface area contributed by atoms with Crippen LogP contribution < -0.4 is 4.74 Å². The zero-order valence-electron chi connectivity index (χ0n) is 11.3. The lowest BCUT2D eigenvalue weighted by atomic mass is 10.3. The second-order valence-electron chi connectivity index (χ2n) is 4.69. The zero-order chi connectivity index (χ0) is 14.4. The van der Waals surface area contributed by atoms with E-state index in [2.05, 4.69) is 4.90 Å². The number of benzene rings is 1. The Morgan fingerprint density at radius 2 is 2.05 bits per heavy atom. The molecular weight excluding hydrogens is 263 g/mol. The first-order valence-corrected chi connectivity index (χ1v) is 6.68.